The van der Waals surface area contributed by atoms with Gasteiger partial charge in [0.15, 0.2) is 0 Å². The van der Waals surface area contributed by atoms with E-state index >= 15 is 0 Å². The van der Waals surface area contributed by atoms with Crippen molar-refractivity contribution in [2.75, 3.05) is 6.54 Å². The van der Waals surface area contributed by atoms with Gasteiger partial charge in [0.25, 0.3) is 5.91 Å². The van der Waals surface area contributed by atoms with Gasteiger partial charge in [-0.15, -0.1) is 0 Å². The molecule has 1 amide bonds. The molecule has 0 aliphatic heterocycles. The van der Waals surface area contributed by atoms with Crippen molar-refractivity contribution in [1.29, 1.82) is 0 Å². The Morgan fingerprint density at radius 2 is 2.05 bits per heavy atom. The van der Waals surface area contributed by atoms with E-state index in [1.165, 1.54) is 25.7 Å². The van der Waals surface area contributed by atoms with Crippen LogP contribution in [0.15, 0.2) is 18.2 Å². The lowest BCUT2D eigenvalue weighted by atomic mass is 9.97. The fourth-order valence-electron chi connectivity index (χ4n) is 2.96. The van der Waals surface area contributed by atoms with Crippen LogP contribution in [-0.4, -0.2) is 18.5 Å². The predicted molar refractivity (Wildman–Crippen MR) is 78.2 cm³/mol. The highest BCUT2D eigenvalue weighted by atomic mass is 16.1. The molecule has 1 atom stereocenters. The molecule has 0 spiro atoms. The maximum absolute atomic E-state index is 12.4. The summed E-state index contributed by atoms with van der Waals surface area (Å²) in [6.45, 7) is 4.51. The smallest absolute Gasteiger partial charge is 0.251 e. The molecule has 3 heteroatoms. The number of carbonyl (C=O) groups excluding carboxylic acids is 1. The van der Waals surface area contributed by atoms with Crippen LogP contribution in [0.5, 0.6) is 0 Å². The van der Waals surface area contributed by atoms with Crippen LogP contribution in [0.25, 0.3) is 0 Å². The van der Waals surface area contributed by atoms with Crippen molar-refractivity contribution < 1.29 is 4.79 Å². The summed E-state index contributed by atoms with van der Waals surface area (Å²) in [5.41, 5.74) is 8.74. The van der Waals surface area contributed by atoms with Crippen molar-refractivity contribution >= 4 is 5.91 Å². The number of hydrogen-bond acceptors (Lipinski definition) is 2. The summed E-state index contributed by atoms with van der Waals surface area (Å²) in [7, 11) is 0. The average Bonchev–Trinajstić information content (AvgIpc) is 2.92. The van der Waals surface area contributed by atoms with Gasteiger partial charge >= 0.3 is 0 Å². The topological polar surface area (TPSA) is 55.1 Å². The van der Waals surface area contributed by atoms with Gasteiger partial charge in [0.1, 0.15) is 0 Å². The second-order valence-electron chi connectivity index (χ2n) is 5.68. The van der Waals surface area contributed by atoms with Crippen molar-refractivity contribution in [2.45, 2.75) is 45.6 Å². The Hall–Kier alpha value is -1.35. The molecule has 2 rings (SSSR count). The van der Waals surface area contributed by atoms with Crippen LogP contribution < -0.4 is 11.1 Å². The van der Waals surface area contributed by atoms with E-state index in [1.54, 1.807) is 0 Å². The number of nitrogens with one attached hydrogen (secondary N) is 1. The van der Waals surface area contributed by atoms with Crippen LogP contribution in [0.4, 0.5) is 0 Å². The van der Waals surface area contributed by atoms with E-state index in [-0.39, 0.29) is 11.9 Å². The molecule has 104 valence electrons. The molecule has 0 bridgehead atoms. The fourth-order valence-corrected chi connectivity index (χ4v) is 2.96. The second kappa shape index (κ2) is 6.20. The largest absolute Gasteiger partial charge is 0.348 e. The zero-order chi connectivity index (χ0) is 13.8. The molecule has 3 nitrogen and oxygen atoms in total. The number of rotatable bonds is 4. The van der Waals surface area contributed by atoms with Crippen LogP contribution in [0.2, 0.25) is 0 Å². The Morgan fingerprint density at radius 3 is 2.68 bits per heavy atom. The standard InChI is InChI=1S/C16H24N2O/c1-11-7-8-12(2)14(9-11)16(19)18-15(10-17)13-5-3-4-6-13/h7-9,13,15H,3-6,10,17H2,1-2H3,(H,18,19). The van der Waals surface area contributed by atoms with Crippen molar-refractivity contribution in [3.63, 3.8) is 0 Å². The molecular weight excluding hydrogens is 236 g/mol. The van der Waals surface area contributed by atoms with Gasteiger partial charge in [-0.25, -0.2) is 0 Å². The number of aryl methyl sites for hydroxylation is 2. The molecular formula is C16H24N2O. The minimum atomic E-state index is 0.0172. The Labute approximate surface area is 115 Å². The highest BCUT2D eigenvalue weighted by molar-refractivity contribution is 5.96. The first-order valence-electron chi connectivity index (χ1n) is 7.20. The van der Waals surface area contributed by atoms with E-state index in [4.69, 9.17) is 5.73 Å². The molecule has 1 unspecified atom stereocenters. The fraction of sp³-hybridized carbons (Fsp3) is 0.562. The molecule has 1 aliphatic carbocycles. The first kappa shape index (κ1) is 14.1. The van der Waals surface area contributed by atoms with Gasteiger partial charge in [-0.3, -0.25) is 4.79 Å². The summed E-state index contributed by atoms with van der Waals surface area (Å²) in [6, 6.07) is 6.10. The minimum absolute atomic E-state index is 0.0172. The minimum Gasteiger partial charge on any atom is -0.348 e. The Balaban J connectivity index is 2.08. The third-order valence-corrected chi connectivity index (χ3v) is 4.18. The molecule has 1 aliphatic rings. The third kappa shape index (κ3) is 3.35. The van der Waals surface area contributed by atoms with Gasteiger partial charge in [-0.05, 0) is 44.2 Å². The molecule has 1 aromatic carbocycles. The number of benzene rings is 1. The maximum Gasteiger partial charge on any atom is 0.251 e. The average molecular weight is 260 g/mol. The summed E-state index contributed by atoms with van der Waals surface area (Å²) in [4.78, 5) is 12.4. The molecule has 0 radical (unpaired) electrons. The summed E-state index contributed by atoms with van der Waals surface area (Å²) in [6.07, 6.45) is 4.91. The van der Waals surface area contributed by atoms with E-state index < -0.39 is 0 Å². The lowest BCUT2D eigenvalue weighted by Gasteiger charge is -2.23. The summed E-state index contributed by atoms with van der Waals surface area (Å²) in [5, 5.41) is 3.13. The quantitative estimate of drug-likeness (QED) is 0.874. The maximum atomic E-state index is 12.4. The molecule has 0 saturated heterocycles. The van der Waals surface area contributed by atoms with Crippen LogP contribution >= 0.6 is 0 Å². The Morgan fingerprint density at radius 1 is 1.37 bits per heavy atom. The first-order chi connectivity index (χ1) is 9.11. The third-order valence-electron chi connectivity index (χ3n) is 4.18. The Kier molecular flexibility index (Phi) is 4.59. The van der Waals surface area contributed by atoms with Crippen molar-refractivity contribution in [3.05, 3.63) is 34.9 Å². The SMILES string of the molecule is Cc1ccc(C)c(C(=O)NC(CN)C2CCCC2)c1. The molecule has 19 heavy (non-hydrogen) atoms. The highest BCUT2D eigenvalue weighted by Crippen LogP contribution is 2.27. The second-order valence-corrected chi connectivity index (χ2v) is 5.68. The first-order valence-corrected chi connectivity index (χ1v) is 7.20. The van der Waals surface area contributed by atoms with Gasteiger partial charge in [0, 0.05) is 18.2 Å². The number of carbonyl (C=O) groups is 1. The molecule has 1 fully saturated rings. The molecule has 1 saturated carbocycles. The molecule has 0 aromatic heterocycles. The van der Waals surface area contributed by atoms with E-state index in [2.05, 4.69) is 5.32 Å². The zero-order valence-electron chi connectivity index (χ0n) is 11.9. The zero-order valence-corrected chi connectivity index (χ0v) is 11.9. The highest BCUT2D eigenvalue weighted by Gasteiger charge is 2.25. The van der Waals surface area contributed by atoms with Crippen LogP contribution in [-0.2, 0) is 0 Å². The predicted octanol–water partition coefficient (Wildman–Crippen LogP) is 2.55. The van der Waals surface area contributed by atoms with Gasteiger partial charge in [0.2, 0.25) is 0 Å². The van der Waals surface area contributed by atoms with Crippen molar-refractivity contribution in [1.82, 2.24) is 5.32 Å². The van der Waals surface area contributed by atoms with Gasteiger partial charge in [-0.1, -0.05) is 30.5 Å². The number of hydrogen-bond donors (Lipinski definition) is 2. The monoisotopic (exact) mass is 260 g/mol. The van der Waals surface area contributed by atoms with Crippen molar-refractivity contribution in [2.24, 2.45) is 11.7 Å². The van der Waals surface area contributed by atoms with Crippen LogP contribution in [0, 0.1) is 19.8 Å². The van der Waals surface area contributed by atoms with Gasteiger partial charge in [-0.2, -0.15) is 0 Å². The van der Waals surface area contributed by atoms with Gasteiger partial charge < -0.3 is 11.1 Å². The van der Waals surface area contributed by atoms with Crippen molar-refractivity contribution in [3.8, 4) is 0 Å². The lowest BCUT2D eigenvalue weighted by molar-refractivity contribution is 0.0923. The van der Waals surface area contributed by atoms with Gasteiger partial charge in [0.05, 0.1) is 0 Å². The molecule has 1 aromatic rings. The molecule has 3 N–H and O–H groups in total. The van der Waals surface area contributed by atoms with Crippen LogP contribution in [0.1, 0.15) is 47.2 Å². The van der Waals surface area contributed by atoms with Crippen LogP contribution in [0.3, 0.4) is 0 Å². The Bertz CT molecular complexity index is 450. The van der Waals surface area contributed by atoms with E-state index in [0.717, 1.165) is 16.7 Å². The van der Waals surface area contributed by atoms with E-state index in [9.17, 15) is 4.79 Å². The number of nitrogens with two attached hydrogens (primary N) is 1. The van der Waals surface area contributed by atoms with E-state index in [0.29, 0.717) is 12.5 Å². The summed E-state index contributed by atoms with van der Waals surface area (Å²) in [5.74, 6) is 0.572. The lowest BCUT2D eigenvalue weighted by Crippen LogP contribution is -2.44. The number of amides is 1. The summed E-state index contributed by atoms with van der Waals surface area (Å²) >= 11 is 0. The summed E-state index contributed by atoms with van der Waals surface area (Å²) < 4.78 is 0. The normalized spacial score (nSPS) is 17.4. The van der Waals surface area contributed by atoms with E-state index in [1.807, 2.05) is 32.0 Å². The molecule has 0 heterocycles.